The average molecular weight is 129 g/mol. The van der Waals surface area contributed by atoms with Gasteiger partial charge in [0.15, 0.2) is 6.10 Å². The van der Waals surface area contributed by atoms with E-state index in [9.17, 15) is 4.79 Å². The fourth-order valence-electron chi connectivity index (χ4n) is 1.14. The van der Waals surface area contributed by atoms with E-state index >= 15 is 0 Å². The predicted octanol–water partition coefficient (Wildman–Crippen LogP) is -1.76. The zero-order valence-electron chi connectivity index (χ0n) is 4.70. The molecule has 2 heterocycles. The van der Waals surface area contributed by atoms with E-state index in [4.69, 9.17) is 9.84 Å². The number of ether oxygens (including phenoxy) is 1. The van der Waals surface area contributed by atoms with Crippen LogP contribution in [-0.2, 0) is 9.53 Å². The monoisotopic (exact) mass is 129 g/mol. The molecule has 0 radical (unpaired) electrons. The molecule has 0 unspecified atom stereocenters. The Bertz CT molecular complexity index is 158. The summed E-state index contributed by atoms with van der Waals surface area (Å²) in [6.07, 6.45) is -0.287. The number of carbonyl (C=O) groups is 1. The van der Waals surface area contributed by atoms with Gasteiger partial charge in [-0.1, -0.05) is 0 Å². The number of carbonyl (C=O) groups excluding carboxylic acids is 1. The van der Waals surface area contributed by atoms with E-state index in [0.717, 1.165) is 0 Å². The summed E-state index contributed by atoms with van der Waals surface area (Å²) in [6, 6.07) is -0.150. The lowest BCUT2D eigenvalue weighted by atomic mass is 10.2. The number of hydrogen-bond acceptors (Lipinski definition) is 3. The van der Waals surface area contributed by atoms with Gasteiger partial charge in [-0.25, -0.2) is 0 Å². The maximum absolute atomic E-state index is 10.6. The number of morpholine rings is 1. The molecule has 0 aliphatic carbocycles. The smallest absolute Gasteiger partial charge is 0.252 e. The summed E-state index contributed by atoms with van der Waals surface area (Å²) in [5.41, 5.74) is 0. The highest BCUT2D eigenvalue weighted by molar-refractivity contribution is 5.87. The van der Waals surface area contributed by atoms with Crippen LogP contribution in [0.4, 0.5) is 0 Å². The van der Waals surface area contributed by atoms with Gasteiger partial charge in [-0.3, -0.25) is 4.79 Å². The molecule has 50 valence electrons. The molecule has 2 rings (SSSR count). The third-order valence-corrected chi connectivity index (χ3v) is 1.70. The lowest BCUT2D eigenvalue weighted by Gasteiger charge is -2.05. The van der Waals surface area contributed by atoms with Crippen molar-refractivity contribution in [3.05, 3.63) is 0 Å². The number of rotatable bonds is 1. The Morgan fingerprint density at radius 3 is 2.78 bits per heavy atom. The Balaban J connectivity index is 2.08. The minimum Gasteiger partial charge on any atom is -0.394 e. The van der Waals surface area contributed by atoms with Gasteiger partial charge < -0.3 is 15.2 Å². The number of fused-ring (bicyclic) bond motifs is 1. The van der Waals surface area contributed by atoms with Gasteiger partial charge in [-0.05, 0) is 0 Å². The van der Waals surface area contributed by atoms with Crippen LogP contribution in [0.25, 0.3) is 0 Å². The normalized spacial score (nSPS) is 46.3. The summed E-state index contributed by atoms with van der Waals surface area (Å²) in [6.45, 7) is -0.0209. The molecule has 2 N–H and O–H groups in total. The van der Waals surface area contributed by atoms with Crippen LogP contribution in [0.15, 0.2) is 0 Å². The molecule has 4 heteroatoms. The molecular formula is C5H7NO3. The lowest BCUT2D eigenvalue weighted by molar-refractivity contribution is -0.122. The van der Waals surface area contributed by atoms with Crippen molar-refractivity contribution in [2.75, 3.05) is 6.61 Å². The highest BCUT2D eigenvalue weighted by atomic mass is 16.6. The molecule has 0 spiro atoms. The first-order valence-electron chi connectivity index (χ1n) is 2.89. The van der Waals surface area contributed by atoms with Crippen LogP contribution < -0.4 is 5.32 Å². The van der Waals surface area contributed by atoms with Gasteiger partial charge in [-0.2, -0.15) is 0 Å². The summed E-state index contributed by atoms with van der Waals surface area (Å²) >= 11 is 0. The second-order valence-electron chi connectivity index (χ2n) is 2.32. The molecular weight excluding hydrogens is 122 g/mol. The molecule has 3 atom stereocenters. The van der Waals surface area contributed by atoms with Gasteiger partial charge >= 0.3 is 0 Å². The van der Waals surface area contributed by atoms with Crippen LogP contribution in [0, 0.1) is 0 Å². The largest absolute Gasteiger partial charge is 0.394 e. The van der Waals surface area contributed by atoms with E-state index in [1.165, 1.54) is 0 Å². The molecule has 2 fully saturated rings. The maximum atomic E-state index is 10.6. The number of hydrogen-bond donors (Lipinski definition) is 2. The molecule has 0 aromatic carbocycles. The van der Waals surface area contributed by atoms with Gasteiger partial charge in [0.05, 0.1) is 12.6 Å². The predicted molar refractivity (Wildman–Crippen MR) is 27.7 cm³/mol. The standard InChI is InChI=1S/C5H7NO3/c7-1-2-3-4(9-3)5(8)6-2/h2-4,7H,1H2,(H,6,8)/t2-,3+,4+/m1/s1. The van der Waals surface area contributed by atoms with Crippen molar-refractivity contribution in [3.8, 4) is 0 Å². The van der Waals surface area contributed by atoms with E-state index in [1.807, 2.05) is 0 Å². The van der Waals surface area contributed by atoms with E-state index in [0.29, 0.717) is 0 Å². The van der Waals surface area contributed by atoms with Crippen molar-refractivity contribution >= 4 is 5.91 Å². The molecule has 1 amide bonds. The second-order valence-corrected chi connectivity index (χ2v) is 2.32. The number of amides is 1. The molecule has 9 heavy (non-hydrogen) atoms. The lowest BCUT2D eigenvalue weighted by Crippen LogP contribution is -2.35. The molecule has 2 saturated heterocycles. The fourth-order valence-corrected chi connectivity index (χ4v) is 1.14. The third kappa shape index (κ3) is 0.571. The molecule has 0 saturated carbocycles. The quantitative estimate of drug-likeness (QED) is 0.412. The molecule has 2 aliphatic rings. The van der Waals surface area contributed by atoms with Gasteiger partial charge in [-0.15, -0.1) is 0 Å². The second kappa shape index (κ2) is 1.46. The summed E-state index contributed by atoms with van der Waals surface area (Å²) in [5.74, 6) is -0.0842. The molecule has 2 aliphatic heterocycles. The van der Waals surface area contributed by atoms with Crippen LogP contribution in [0.3, 0.4) is 0 Å². The van der Waals surface area contributed by atoms with Crippen molar-refractivity contribution in [2.45, 2.75) is 18.2 Å². The molecule has 0 bridgehead atoms. The first-order valence-corrected chi connectivity index (χ1v) is 2.89. The van der Waals surface area contributed by atoms with Crippen LogP contribution in [0.1, 0.15) is 0 Å². The molecule has 0 aromatic rings. The summed E-state index contributed by atoms with van der Waals surface area (Å²) in [7, 11) is 0. The highest BCUT2D eigenvalue weighted by Gasteiger charge is 2.56. The summed E-state index contributed by atoms with van der Waals surface area (Å²) in [5, 5.41) is 11.2. The van der Waals surface area contributed by atoms with Gasteiger partial charge in [0.1, 0.15) is 6.10 Å². The Hall–Kier alpha value is -0.610. The SMILES string of the molecule is O=C1N[C@H](CO)[C@@H]2O[C@H]12. The van der Waals surface area contributed by atoms with Crippen LogP contribution in [0.5, 0.6) is 0 Å². The minimum absolute atomic E-state index is 0.0209. The topological polar surface area (TPSA) is 61.9 Å². The molecule has 4 nitrogen and oxygen atoms in total. The van der Waals surface area contributed by atoms with E-state index in [2.05, 4.69) is 5.32 Å². The summed E-state index contributed by atoms with van der Waals surface area (Å²) < 4.78 is 4.90. The first kappa shape index (κ1) is 5.20. The fraction of sp³-hybridized carbons (Fsp3) is 0.800. The van der Waals surface area contributed by atoms with Crippen molar-refractivity contribution in [1.29, 1.82) is 0 Å². The van der Waals surface area contributed by atoms with Crippen molar-refractivity contribution in [3.63, 3.8) is 0 Å². The third-order valence-electron chi connectivity index (χ3n) is 1.70. The number of aliphatic hydroxyl groups excluding tert-OH is 1. The highest BCUT2D eigenvalue weighted by Crippen LogP contribution is 2.30. The maximum Gasteiger partial charge on any atom is 0.252 e. The Morgan fingerprint density at radius 2 is 2.56 bits per heavy atom. The average Bonchev–Trinajstić information content (AvgIpc) is 2.56. The van der Waals surface area contributed by atoms with E-state index in [-0.39, 0.29) is 30.8 Å². The summed E-state index contributed by atoms with van der Waals surface area (Å²) in [4.78, 5) is 10.6. The Labute approximate surface area is 51.8 Å². The van der Waals surface area contributed by atoms with Gasteiger partial charge in [0.2, 0.25) is 0 Å². The van der Waals surface area contributed by atoms with E-state index < -0.39 is 0 Å². The van der Waals surface area contributed by atoms with Crippen LogP contribution >= 0.6 is 0 Å². The van der Waals surface area contributed by atoms with Crippen molar-refractivity contribution in [2.24, 2.45) is 0 Å². The van der Waals surface area contributed by atoms with Crippen LogP contribution in [-0.4, -0.2) is 35.9 Å². The first-order chi connectivity index (χ1) is 4.33. The zero-order valence-corrected chi connectivity index (χ0v) is 4.70. The Kier molecular flexibility index (Phi) is 0.841. The number of aliphatic hydroxyl groups is 1. The van der Waals surface area contributed by atoms with Crippen LogP contribution in [0.2, 0.25) is 0 Å². The van der Waals surface area contributed by atoms with Crippen molar-refractivity contribution < 1.29 is 14.6 Å². The minimum atomic E-state index is -0.248. The Morgan fingerprint density at radius 1 is 1.78 bits per heavy atom. The zero-order chi connectivity index (χ0) is 6.43. The van der Waals surface area contributed by atoms with Gasteiger partial charge in [0, 0.05) is 0 Å². The van der Waals surface area contributed by atoms with Gasteiger partial charge in [0.25, 0.3) is 5.91 Å². The van der Waals surface area contributed by atoms with Crippen molar-refractivity contribution in [1.82, 2.24) is 5.32 Å². The molecule has 0 aromatic heterocycles. The number of epoxide rings is 1. The number of nitrogens with one attached hydrogen (secondary N) is 1. The van der Waals surface area contributed by atoms with E-state index in [1.54, 1.807) is 0 Å².